The van der Waals surface area contributed by atoms with Crippen LogP contribution in [-0.4, -0.2) is 46.6 Å². The summed E-state index contributed by atoms with van der Waals surface area (Å²) in [6, 6.07) is 4.05. The fraction of sp³-hybridized carbons (Fsp3) is 0.611. The molecule has 0 unspecified atom stereocenters. The maximum absolute atomic E-state index is 12.4. The van der Waals surface area contributed by atoms with Gasteiger partial charge in [-0.2, -0.15) is 5.10 Å². The SMILES string of the molecule is Cc1cc(C[C@@H]2COC[C@@H]2NC(=O)CCc2cc3n(n2)CCNC3)on1.Cl. The summed E-state index contributed by atoms with van der Waals surface area (Å²) in [4.78, 5) is 12.4. The summed E-state index contributed by atoms with van der Waals surface area (Å²) in [5, 5.41) is 14.9. The maximum atomic E-state index is 12.4. The average molecular weight is 396 g/mol. The molecule has 0 aliphatic carbocycles. The number of hydrogen-bond donors (Lipinski definition) is 2. The molecular weight excluding hydrogens is 370 g/mol. The van der Waals surface area contributed by atoms with Crippen molar-refractivity contribution in [2.45, 2.75) is 45.3 Å². The van der Waals surface area contributed by atoms with Crippen molar-refractivity contribution in [1.29, 1.82) is 0 Å². The van der Waals surface area contributed by atoms with Crippen molar-refractivity contribution in [2.24, 2.45) is 5.92 Å². The number of nitrogens with one attached hydrogen (secondary N) is 2. The smallest absolute Gasteiger partial charge is 0.220 e. The van der Waals surface area contributed by atoms with E-state index >= 15 is 0 Å². The minimum atomic E-state index is 0. The first-order chi connectivity index (χ1) is 12.7. The molecule has 1 fully saturated rings. The molecule has 0 saturated carbocycles. The van der Waals surface area contributed by atoms with Crippen LogP contribution in [0.4, 0.5) is 0 Å². The molecule has 2 aliphatic heterocycles. The van der Waals surface area contributed by atoms with Crippen molar-refractivity contribution in [3.63, 3.8) is 0 Å². The third-order valence-corrected chi connectivity index (χ3v) is 5.01. The van der Waals surface area contributed by atoms with Gasteiger partial charge in [0.05, 0.1) is 42.9 Å². The van der Waals surface area contributed by atoms with E-state index in [4.69, 9.17) is 9.26 Å². The minimum absolute atomic E-state index is 0. The Morgan fingerprint density at radius 1 is 1.41 bits per heavy atom. The molecule has 0 radical (unpaired) electrons. The van der Waals surface area contributed by atoms with Gasteiger partial charge < -0.3 is 19.9 Å². The van der Waals surface area contributed by atoms with Crippen LogP contribution in [0.2, 0.25) is 0 Å². The van der Waals surface area contributed by atoms with E-state index in [1.165, 1.54) is 5.69 Å². The van der Waals surface area contributed by atoms with Gasteiger partial charge >= 0.3 is 0 Å². The summed E-state index contributed by atoms with van der Waals surface area (Å²) < 4.78 is 12.9. The predicted octanol–water partition coefficient (Wildman–Crippen LogP) is 1.01. The lowest BCUT2D eigenvalue weighted by Crippen LogP contribution is -2.40. The van der Waals surface area contributed by atoms with Gasteiger partial charge in [0.1, 0.15) is 5.76 Å². The van der Waals surface area contributed by atoms with E-state index < -0.39 is 0 Å². The monoisotopic (exact) mass is 395 g/mol. The molecule has 1 amide bonds. The van der Waals surface area contributed by atoms with Crippen LogP contribution in [0.15, 0.2) is 16.7 Å². The highest BCUT2D eigenvalue weighted by Crippen LogP contribution is 2.20. The second-order valence-corrected chi connectivity index (χ2v) is 7.14. The van der Waals surface area contributed by atoms with Gasteiger partial charge in [-0.1, -0.05) is 5.16 Å². The standard InChI is InChI=1S/C18H25N5O3.ClH/c1-12-6-16(26-22-12)7-13-10-25-11-17(13)20-18(24)3-2-14-8-15-9-19-4-5-23(15)21-14;/h6,8,13,17,19H,2-5,7,9-11H2,1H3,(H,20,24);1H/t13-,17+;/m1./s1. The fourth-order valence-corrected chi connectivity index (χ4v) is 3.63. The number of carbonyl (C=O) groups excluding carboxylic acids is 1. The van der Waals surface area contributed by atoms with Crippen LogP contribution >= 0.6 is 12.4 Å². The zero-order chi connectivity index (χ0) is 17.9. The average Bonchev–Trinajstić information content (AvgIpc) is 3.34. The molecule has 0 aromatic carbocycles. The van der Waals surface area contributed by atoms with Crippen molar-refractivity contribution in [3.05, 3.63) is 35.0 Å². The quantitative estimate of drug-likeness (QED) is 0.758. The Morgan fingerprint density at radius 2 is 2.30 bits per heavy atom. The largest absolute Gasteiger partial charge is 0.379 e. The number of aryl methyl sites for hydroxylation is 2. The van der Waals surface area contributed by atoms with Crippen LogP contribution < -0.4 is 10.6 Å². The second kappa shape index (κ2) is 8.86. The van der Waals surface area contributed by atoms with E-state index in [9.17, 15) is 4.79 Å². The maximum Gasteiger partial charge on any atom is 0.220 e. The Labute approximate surface area is 164 Å². The number of nitrogens with zero attached hydrogens (tertiary/aromatic N) is 3. The molecule has 9 heteroatoms. The summed E-state index contributed by atoms with van der Waals surface area (Å²) in [5.41, 5.74) is 3.05. The summed E-state index contributed by atoms with van der Waals surface area (Å²) in [5.74, 6) is 1.11. The highest BCUT2D eigenvalue weighted by Gasteiger charge is 2.30. The van der Waals surface area contributed by atoms with E-state index in [1.807, 2.05) is 17.7 Å². The molecule has 2 aromatic heterocycles. The number of ether oxygens (including phenoxy) is 1. The Balaban J connectivity index is 0.00000210. The van der Waals surface area contributed by atoms with Crippen LogP contribution in [0.25, 0.3) is 0 Å². The third kappa shape index (κ3) is 4.88. The van der Waals surface area contributed by atoms with E-state index in [0.29, 0.717) is 26.1 Å². The molecule has 27 heavy (non-hydrogen) atoms. The molecule has 0 bridgehead atoms. The molecule has 1 saturated heterocycles. The summed E-state index contributed by atoms with van der Waals surface area (Å²) >= 11 is 0. The number of amides is 1. The molecule has 2 aromatic rings. The van der Waals surface area contributed by atoms with Gasteiger partial charge in [0.15, 0.2) is 0 Å². The lowest BCUT2D eigenvalue weighted by Gasteiger charge is -2.17. The highest BCUT2D eigenvalue weighted by atomic mass is 35.5. The molecule has 4 rings (SSSR count). The number of fused-ring (bicyclic) bond motifs is 1. The Hall–Kier alpha value is -1.90. The lowest BCUT2D eigenvalue weighted by molar-refractivity contribution is -0.122. The molecular formula is C18H26ClN5O3. The van der Waals surface area contributed by atoms with Crippen LogP contribution in [0, 0.1) is 12.8 Å². The van der Waals surface area contributed by atoms with E-state index in [0.717, 1.165) is 43.2 Å². The van der Waals surface area contributed by atoms with Gasteiger partial charge in [-0.3, -0.25) is 9.48 Å². The Morgan fingerprint density at radius 3 is 3.07 bits per heavy atom. The van der Waals surface area contributed by atoms with Crippen LogP contribution in [0.3, 0.4) is 0 Å². The molecule has 2 N–H and O–H groups in total. The molecule has 2 atom stereocenters. The van der Waals surface area contributed by atoms with E-state index in [-0.39, 0.29) is 30.3 Å². The van der Waals surface area contributed by atoms with E-state index in [2.05, 4.69) is 27.0 Å². The van der Waals surface area contributed by atoms with Gasteiger partial charge in [-0.15, -0.1) is 12.4 Å². The van der Waals surface area contributed by atoms with Crippen LogP contribution in [0.1, 0.15) is 29.3 Å². The van der Waals surface area contributed by atoms with Crippen LogP contribution in [-0.2, 0) is 35.5 Å². The molecule has 0 spiro atoms. The van der Waals surface area contributed by atoms with Gasteiger partial charge in [0.2, 0.25) is 5.91 Å². The summed E-state index contributed by atoms with van der Waals surface area (Å²) in [6.07, 6.45) is 1.83. The number of halogens is 1. The molecule has 8 nitrogen and oxygen atoms in total. The van der Waals surface area contributed by atoms with E-state index in [1.54, 1.807) is 0 Å². The first-order valence-corrected chi connectivity index (χ1v) is 9.23. The van der Waals surface area contributed by atoms with Gasteiger partial charge in [0.25, 0.3) is 0 Å². The zero-order valence-corrected chi connectivity index (χ0v) is 16.3. The lowest BCUT2D eigenvalue weighted by atomic mass is 9.98. The van der Waals surface area contributed by atoms with Gasteiger partial charge in [-0.25, -0.2) is 0 Å². The summed E-state index contributed by atoms with van der Waals surface area (Å²) in [6.45, 7) is 5.77. The van der Waals surface area contributed by atoms with Crippen molar-refractivity contribution in [3.8, 4) is 0 Å². The first kappa shape index (κ1) is 19.9. The highest BCUT2D eigenvalue weighted by molar-refractivity contribution is 5.85. The molecule has 4 heterocycles. The van der Waals surface area contributed by atoms with Crippen molar-refractivity contribution < 1.29 is 14.1 Å². The molecule has 2 aliphatic rings. The fourth-order valence-electron chi connectivity index (χ4n) is 3.63. The number of aromatic nitrogens is 3. The second-order valence-electron chi connectivity index (χ2n) is 7.14. The number of rotatable bonds is 6. The Kier molecular flexibility index (Phi) is 6.51. The van der Waals surface area contributed by atoms with Crippen molar-refractivity contribution in [2.75, 3.05) is 19.8 Å². The topological polar surface area (TPSA) is 94.2 Å². The van der Waals surface area contributed by atoms with Gasteiger partial charge in [0, 0.05) is 44.3 Å². The van der Waals surface area contributed by atoms with Gasteiger partial charge in [-0.05, 0) is 13.0 Å². The predicted molar refractivity (Wildman–Crippen MR) is 101 cm³/mol. The Bertz CT molecular complexity index is 751. The molecule has 148 valence electrons. The summed E-state index contributed by atoms with van der Waals surface area (Å²) in [7, 11) is 0. The normalized spacial score (nSPS) is 21.5. The number of hydrogen-bond acceptors (Lipinski definition) is 6. The minimum Gasteiger partial charge on any atom is -0.379 e. The number of carbonyl (C=O) groups is 1. The van der Waals surface area contributed by atoms with Crippen molar-refractivity contribution >= 4 is 18.3 Å². The zero-order valence-electron chi connectivity index (χ0n) is 15.4. The van der Waals surface area contributed by atoms with Crippen LogP contribution in [0.5, 0.6) is 0 Å². The third-order valence-electron chi connectivity index (χ3n) is 5.01. The van der Waals surface area contributed by atoms with Crippen molar-refractivity contribution in [1.82, 2.24) is 25.6 Å². The first-order valence-electron chi connectivity index (χ1n) is 9.23.